The van der Waals surface area contributed by atoms with Gasteiger partial charge in [-0.15, -0.1) is 0 Å². The van der Waals surface area contributed by atoms with Gasteiger partial charge in [0.15, 0.2) is 0 Å². The maximum atomic E-state index is 13.2. The molecule has 7 heteroatoms. The average Bonchev–Trinajstić information content (AvgIpc) is 2.37. The second kappa shape index (κ2) is 5.94. The zero-order valence-electron chi connectivity index (χ0n) is 10.3. The van der Waals surface area contributed by atoms with Crippen molar-refractivity contribution in [3.8, 4) is 0 Å². The average molecular weight is 384 g/mol. The minimum absolute atomic E-state index is 0.0632. The molecule has 0 aromatic heterocycles. The highest BCUT2D eigenvalue weighted by Gasteiger charge is 2.34. The molecule has 21 heavy (non-hydrogen) atoms. The molecule has 2 rings (SSSR count). The molecular formula is C14H8BrClF4O. The lowest BCUT2D eigenvalue weighted by molar-refractivity contribution is -0.140. The number of benzene rings is 2. The van der Waals surface area contributed by atoms with Gasteiger partial charge in [0.25, 0.3) is 0 Å². The fourth-order valence-electron chi connectivity index (χ4n) is 1.83. The number of hydrogen-bond acceptors (Lipinski definition) is 1. The third-order valence-corrected chi connectivity index (χ3v) is 3.79. The second-order valence-corrected chi connectivity index (χ2v) is 5.60. The fourth-order valence-corrected chi connectivity index (χ4v) is 2.73. The highest BCUT2D eigenvalue weighted by atomic mass is 79.9. The van der Waals surface area contributed by atoms with Gasteiger partial charge < -0.3 is 5.11 Å². The summed E-state index contributed by atoms with van der Waals surface area (Å²) >= 11 is 8.94. The first kappa shape index (κ1) is 16.3. The molecular weight excluding hydrogens is 376 g/mol. The molecule has 1 atom stereocenters. The minimum Gasteiger partial charge on any atom is -0.384 e. The second-order valence-electron chi connectivity index (χ2n) is 4.31. The van der Waals surface area contributed by atoms with Crippen LogP contribution in [-0.4, -0.2) is 5.11 Å². The smallest absolute Gasteiger partial charge is 0.384 e. The van der Waals surface area contributed by atoms with E-state index in [1.165, 1.54) is 18.2 Å². The molecule has 0 aliphatic carbocycles. The summed E-state index contributed by atoms with van der Waals surface area (Å²) < 4.78 is 51.7. The number of alkyl halides is 3. The lowest BCUT2D eigenvalue weighted by atomic mass is 9.99. The van der Waals surface area contributed by atoms with E-state index in [9.17, 15) is 22.7 Å². The van der Waals surface area contributed by atoms with Crippen LogP contribution in [0.4, 0.5) is 17.6 Å². The van der Waals surface area contributed by atoms with Crippen LogP contribution in [0, 0.1) is 5.82 Å². The van der Waals surface area contributed by atoms with Gasteiger partial charge in [0.1, 0.15) is 11.9 Å². The Labute approximate surface area is 131 Å². The van der Waals surface area contributed by atoms with E-state index in [0.717, 1.165) is 6.07 Å². The van der Waals surface area contributed by atoms with Gasteiger partial charge >= 0.3 is 6.18 Å². The van der Waals surface area contributed by atoms with Crippen molar-refractivity contribution in [2.75, 3.05) is 0 Å². The summed E-state index contributed by atoms with van der Waals surface area (Å²) in [5.41, 5.74) is -1.14. The van der Waals surface area contributed by atoms with E-state index in [4.69, 9.17) is 11.6 Å². The van der Waals surface area contributed by atoms with Crippen molar-refractivity contribution < 1.29 is 22.7 Å². The topological polar surface area (TPSA) is 20.2 Å². The van der Waals surface area contributed by atoms with Crippen LogP contribution in [0.3, 0.4) is 0 Å². The van der Waals surface area contributed by atoms with Gasteiger partial charge in [0.2, 0.25) is 0 Å². The number of halogens is 6. The lowest BCUT2D eigenvalue weighted by Crippen LogP contribution is -2.10. The Hall–Kier alpha value is -1.11. The summed E-state index contributed by atoms with van der Waals surface area (Å²) in [6.45, 7) is 0. The first-order chi connectivity index (χ1) is 9.70. The van der Waals surface area contributed by atoms with Crippen molar-refractivity contribution in [1.29, 1.82) is 0 Å². The van der Waals surface area contributed by atoms with Gasteiger partial charge in [-0.3, -0.25) is 0 Å². The number of aliphatic hydroxyl groups is 1. The first-order valence-electron chi connectivity index (χ1n) is 5.70. The molecule has 0 radical (unpaired) electrons. The minimum atomic E-state index is -4.82. The molecule has 2 aromatic carbocycles. The van der Waals surface area contributed by atoms with Crippen LogP contribution in [0.25, 0.3) is 0 Å². The Bertz CT molecular complexity index is 673. The van der Waals surface area contributed by atoms with E-state index in [0.29, 0.717) is 27.2 Å². The van der Waals surface area contributed by atoms with Crippen molar-refractivity contribution >= 4 is 27.5 Å². The summed E-state index contributed by atoms with van der Waals surface area (Å²) in [5, 5.41) is 10.6. The quantitative estimate of drug-likeness (QED) is 0.694. The normalized spacial score (nSPS) is 13.3. The van der Waals surface area contributed by atoms with E-state index in [-0.39, 0.29) is 5.56 Å². The predicted molar refractivity (Wildman–Crippen MR) is 74.6 cm³/mol. The molecule has 0 amide bonds. The number of rotatable bonds is 2. The van der Waals surface area contributed by atoms with Crippen LogP contribution >= 0.6 is 27.5 Å². The summed E-state index contributed by atoms with van der Waals surface area (Å²) in [6.07, 6.45) is -6.16. The summed E-state index contributed by atoms with van der Waals surface area (Å²) in [6, 6.07) is 6.88. The fraction of sp³-hybridized carbons (Fsp3) is 0.143. The largest absolute Gasteiger partial charge is 0.419 e. The third-order valence-electron chi connectivity index (χ3n) is 2.87. The highest BCUT2D eigenvalue weighted by molar-refractivity contribution is 9.10. The van der Waals surface area contributed by atoms with Crippen LogP contribution in [0.15, 0.2) is 40.9 Å². The van der Waals surface area contributed by atoms with Gasteiger partial charge in [0, 0.05) is 9.50 Å². The third kappa shape index (κ3) is 3.56. The van der Waals surface area contributed by atoms with Crippen molar-refractivity contribution in [2.24, 2.45) is 0 Å². The van der Waals surface area contributed by atoms with Gasteiger partial charge in [-0.05, 0) is 35.4 Å². The van der Waals surface area contributed by atoms with Gasteiger partial charge in [-0.2, -0.15) is 13.2 Å². The number of hydrogen-bond donors (Lipinski definition) is 1. The first-order valence-corrected chi connectivity index (χ1v) is 6.87. The molecule has 0 bridgehead atoms. The van der Waals surface area contributed by atoms with E-state index in [1.807, 2.05) is 0 Å². The standard InChI is InChI=1S/C14H8BrClF4O/c15-11-6-8(16)2-3-9(11)13(21)7-1-4-12(17)10(5-7)14(18,19)20/h1-6,13,21H. The molecule has 1 unspecified atom stereocenters. The Kier molecular flexibility index (Phi) is 4.60. The monoisotopic (exact) mass is 382 g/mol. The molecule has 2 aromatic rings. The van der Waals surface area contributed by atoms with E-state index >= 15 is 0 Å². The maximum Gasteiger partial charge on any atom is 0.419 e. The Balaban J connectivity index is 2.46. The van der Waals surface area contributed by atoms with E-state index in [1.54, 1.807) is 0 Å². The predicted octanol–water partition coefficient (Wildman–Crippen LogP) is 5.34. The Morgan fingerprint density at radius 1 is 1.10 bits per heavy atom. The van der Waals surface area contributed by atoms with Crippen LogP contribution in [0.5, 0.6) is 0 Å². The molecule has 112 valence electrons. The molecule has 0 aliphatic heterocycles. The SMILES string of the molecule is OC(c1ccc(F)c(C(F)(F)F)c1)c1ccc(Cl)cc1Br. The van der Waals surface area contributed by atoms with Crippen molar-refractivity contribution in [3.05, 3.63) is 68.4 Å². The highest BCUT2D eigenvalue weighted by Crippen LogP contribution is 2.36. The molecule has 0 heterocycles. The summed E-state index contributed by atoms with van der Waals surface area (Å²) in [7, 11) is 0. The van der Waals surface area contributed by atoms with Crippen molar-refractivity contribution in [2.45, 2.75) is 12.3 Å². The van der Waals surface area contributed by atoms with Gasteiger partial charge in [-0.1, -0.05) is 39.7 Å². The molecule has 0 spiro atoms. The zero-order chi connectivity index (χ0) is 15.8. The van der Waals surface area contributed by atoms with Crippen LogP contribution in [-0.2, 0) is 6.18 Å². The zero-order valence-corrected chi connectivity index (χ0v) is 12.6. The molecule has 1 nitrogen and oxygen atoms in total. The molecule has 0 saturated heterocycles. The molecule has 0 aliphatic rings. The molecule has 0 saturated carbocycles. The van der Waals surface area contributed by atoms with E-state index in [2.05, 4.69) is 15.9 Å². The molecule has 0 fully saturated rings. The Morgan fingerprint density at radius 3 is 2.33 bits per heavy atom. The molecule has 1 N–H and O–H groups in total. The van der Waals surface area contributed by atoms with E-state index < -0.39 is 23.7 Å². The van der Waals surface area contributed by atoms with Gasteiger partial charge in [0.05, 0.1) is 5.56 Å². The van der Waals surface area contributed by atoms with Crippen molar-refractivity contribution in [1.82, 2.24) is 0 Å². The Morgan fingerprint density at radius 2 is 1.76 bits per heavy atom. The van der Waals surface area contributed by atoms with Crippen molar-refractivity contribution in [3.63, 3.8) is 0 Å². The van der Waals surface area contributed by atoms with Gasteiger partial charge in [-0.25, -0.2) is 4.39 Å². The lowest BCUT2D eigenvalue weighted by Gasteiger charge is -2.16. The van der Waals surface area contributed by atoms with Crippen LogP contribution < -0.4 is 0 Å². The summed E-state index contributed by atoms with van der Waals surface area (Å²) in [4.78, 5) is 0. The summed E-state index contributed by atoms with van der Waals surface area (Å²) in [5.74, 6) is -1.38. The van der Waals surface area contributed by atoms with Crippen LogP contribution in [0.2, 0.25) is 5.02 Å². The number of aliphatic hydroxyl groups excluding tert-OH is 1. The van der Waals surface area contributed by atoms with Crippen LogP contribution in [0.1, 0.15) is 22.8 Å². The maximum absolute atomic E-state index is 13.2.